The van der Waals surface area contributed by atoms with Crippen molar-refractivity contribution in [1.82, 2.24) is 9.97 Å². The smallest absolute Gasteiger partial charge is 0.156 e. The molecule has 15 heavy (non-hydrogen) atoms. The third kappa shape index (κ3) is 3.01. The van der Waals surface area contributed by atoms with Crippen LogP contribution in [0.25, 0.3) is 0 Å². The summed E-state index contributed by atoms with van der Waals surface area (Å²) >= 11 is 2.27. The zero-order valence-corrected chi connectivity index (χ0v) is 11.6. The van der Waals surface area contributed by atoms with E-state index in [1.807, 2.05) is 7.05 Å². The first-order valence-corrected chi connectivity index (χ1v) is 5.91. The SMILES string of the molecule is CNc1nc(COC)nc(C(C)C)c1I. The lowest BCUT2D eigenvalue weighted by Crippen LogP contribution is -2.09. The molecule has 0 spiro atoms. The summed E-state index contributed by atoms with van der Waals surface area (Å²) in [5.41, 5.74) is 1.07. The molecule has 0 bridgehead atoms. The quantitative estimate of drug-likeness (QED) is 0.865. The molecule has 0 fully saturated rings. The van der Waals surface area contributed by atoms with Gasteiger partial charge >= 0.3 is 0 Å². The Morgan fingerprint density at radius 3 is 2.53 bits per heavy atom. The summed E-state index contributed by atoms with van der Waals surface area (Å²) in [5, 5.41) is 3.08. The summed E-state index contributed by atoms with van der Waals surface area (Å²) in [6.45, 7) is 4.70. The van der Waals surface area contributed by atoms with Gasteiger partial charge in [-0.15, -0.1) is 0 Å². The van der Waals surface area contributed by atoms with Crippen LogP contribution in [0.15, 0.2) is 0 Å². The van der Waals surface area contributed by atoms with Crippen LogP contribution in [0.2, 0.25) is 0 Å². The van der Waals surface area contributed by atoms with Gasteiger partial charge in [0.1, 0.15) is 12.4 Å². The van der Waals surface area contributed by atoms with E-state index in [1.54, 1.807) is 7.11 Å². The Bertz CT molecular complexity index is 342. The van der Waals surface area contributed by atoms with Crippen molar-refractivity contribution in [3.63, 3.8) is 0 Å². The van der Waals surface area contributed by atoms with Gasteiger partial charge in [0, 0.05) is 14.2 Å². The molecule has 0 radical (unpaired) electrons. The fraction of sp³-hybridized carbons (Fsp3) is 0.600. The first-order valence-electron chi connectivity index (χ1n) is 4.83. The molecule has 1 aromatic heterocycles. The number of aromatic nitrogens is 2. The monoisotopic (exact) mass is 321 g/mol. The number of anilines is 1. The molecule has 0 saturated heterocycles. The molecule has 1 aromatic rings. The molecule has 0 saturated carbocycles. The Balaban J connectivity index is 3.19. The second kappa shape index (κ2) is 5.60. The Kier molecular flexibility index (Phi) is 4.72. The van der Waals surface area contributed by atoms with E-state index in [1.165, 1.54) is 0 Å². The van der Waals surface area contributed by atoms with Gasteiger partial charge in [0.2, 0.25) is 0 Å². The summed E-state index contributed by atoms with van der Waals surface area (Å²) < 4.78 is 6.13. The van der Waals surface area contributed by atoms with E-state index in [0.29, 0.717) is 12.5 Å². The van der Waals surface area contributed by atoms with E-state index in [4.69, 9.17) is 4.74 Å². The molecule has 0 aromatic carbocycles. The highest BCUT2D eigenvalue weighted by Crippen LogP contribution is 2.24. The molecule has 0 amide bonds. The van der Waals surface area contributed by atoms with Crippen molar-refractivity contribution in [2.24, 2.45) is 0 Å². The Labute approximate surface area is 104 Å². The van der Waals surface area contributed by atoms with Crippen LogP contribution in [0, 0.1) is 3.57 Å². The van der Waals surface area contributed by atoms with Gasteiger partial charge in [0.25, 0.3) is 0 Å². The molecule has 0 aliphatic heterocycles. The maximum atomic E-state index is 5.05. The molecule has 0 unspecified atom stereocenters. The molecule has 1 heterocycles. The van der Waals surface area contributed by atoms with Crippen molar-refractivity contribution in [3.8, 4) is 0 Å². The average molecular weight is 321 g/mol. The van der Waals surface area contributed by atoms with Crippen LogP contribution in [0.5, 0.6) is 0 Å². The second-order valence-electron chi connectivity index (χ2n) is 3.53. The van der Waals surface area contributed by atoms with E-state index < -0.39 is 0 Å². The van der Waals surface area contributed by atoms with Crippen LogP contribution in [0.4, 0.5) is 5.82 Å². The highest BCUT2D eigenvalue weighted by Gasteiger charge is 2.13. The lowest BCUT2D eigenvalue weighted by Gasteiger charge is -2.12. The standard InChI is InChI=1S/C10H16IN3O/c1-6(2)9-8(11)10(12-3)14-7(13-9)5-15-4/h6H,5H2,1-4H3,(H,12,13,14). The highest BCUT2D eigenvalue weighted by molar-refractivity contribution is 14.1. The number of nitrogens with one attached hydrogen (secondary N) is 1. The average Bonchev–Trinajstić information content (AvgIpc) is 2.20. The summed E-state index contributed by atoms with van der Waals surface area (Å²) in [6, 6.07) is 0. The van der Waals surface area contributed by atoms with E-state index in [2.05, 4.69) is 51.7 Å². The van der Waals surface area contributed by atoms with Gasteiger partial charge in [-0.1, -0.05) is 13.8 Å². The predicted octanol–water partition coefficient (Wildman–Crippen LogP) is 2.39. The van der Waals surface area contributed by atoms with Crippen molar-refractivity contribution < 1.29 is 4.74 Å². The number of hydrogen-bond donors (Lipinski definition) is 1. The normalized spacial score (nSPS) is 10.8. The molecule has 0 aliphatic carbocycles. The van der Waals surface area contributed by atoms with Crippen molar-refractivity contribution in [2.45, 2.75) is 26.4 Å². The van der Waals surface area contributed by atoms with Crippen molar-refractivity contribution in [3.05, 3.63) is 15.1 Å². The highest BCUT2D eigenvalue weighted by atomic mass is 127. The number of rotatable bonds is 4. The van der Waals surface area contributed by atoms with E-state index in [-0.39, 0.29) is 0 Å². The summed E-state index contributed by atoms with van der Waals surface area (Å²) in [5.74, 6) is 2.00. The van der Waals surface area contributed by atoms with Crippen molar-refractivity contribution in [1.29, 1.82) is 0 Å². The van der Waals surface area contributed by atoms with Crippen LogP contribution < -0.4 is 5.32 Å². The van der Waals surface area contributed by atoms with E-state index in [9.17, 15) is 0 Å². The third-order valence-electron chi connectivity index (χ3n) is 1.98. The Morgan fingerprint density at radius 2 is 2.07 bits per heavy atom. The number of ether oxygens (including phenoxy) is 1. The van der Waals surface area contributed by atoms with Gasteiger partial charge < -0.3 is 10.1 Å². The van der Waals surface area contributed by atoms with Gasteiger partial charge in [0.05, 0.1) is 9.26 Å². The minimum atomic E-state index is 0.391. The predicted molar refractivity (Wildman–Crippen MR) is 69.1 cm³/mol. The van der Waals surface area contributed by atoms with Crippen LogP contribution in [-0.2, 0) is 11.3 Å². The van der Waals surface area contributed by atoms with E-state index in [0.717, 1.165) is 20.9 Å². The fourth-order valence-corrected chi connectivity index (χ4v) is 2.39. The first-order chi connectivity index (χ1) is 7.10. The number of halogens is 1. The maximum absolute atomic E-state index is 5.05. The van der Waals surface area contributed by atoms with Crippen LogP contribution in [0.1, 0.15) is 31.3 Å². The van der Waals surface area contributed by atoms with Gasteiger partial charge in [-0.25, -0.2) is 9.97 Å². The van der Waals surface area contributed by atoms with Crippen molar-refractivity contribution >= 4 is 28.4 Å². The van der Waals surface area contributed by atoms with Gasteiger partial charge in [-0.3, -0.25) is 0 Å². The van der Waals surface area contributed by atoms with Crippen LogP contribution in [0.3, 0.4) is 0 Å². The largest absolute Gasteiger partial charge is 0.377 e. The molecule has 1 N–H and O–H groups in total. The second-order valence-corrected chi connectivity index (χ2v) is 4.60. The zero-order chi connectivity index (χ0) is 11.4. The molecule has 84 valence electrons. The lowest BCUT2D eigenvalue weighted by molar-refractivity contribution is 0.177. The molecule has 4 nitrogen and oxygen atoms in total. The first kappa shape index (κ1) is 12.6. The Morgan fingerprint density at radius 1 is 1.40 bits per heavy atom. The Hall–Kier alpha value is -0.430. The molecule has 5 heteroatoms. The minimum absolute atomic E-state index is 0.391. The fourth-order valence-electron chi connectivity index (χ4n) is 1.25. The van der Waals surface area contributed by atoms with E-state index >= 15 is 0 Å². The number of hydrogen-bond acceptors (Lipinski definition) is 4. The topological polar surface area (TPSA) is 47.0 Å². The van der Waals surface area contributed by atoms with Crippen molar-refractivity contribution in [2.75, 3.05) is 19.5 Å². The number of nitrogens with zero attached hydrogens (tertiary/aromatic N) is 2. The lowest BCUT2D eigenvalue weighted by atomic mass is 10.1. The van der Waals surface area contributed by atoms with Crippen LogP contribution >= 0.6 is 22.6 Å². The summed E-state index contributed by atoms with van der Waals surface area (Å²) in [6.07, 6.45) is 0. The molecular formula is C10H16IN3O. The summed E-state index contributed by atoms with van der Waals surface area (Å²) in [7, 11) is 3.51. The molecule has 0 aliphatic rings. The van der Waals surface area contributed by atoms with Gasteiger partial charge in [0.15, 0.2) is 5.82 Å². The molecule has 0 atom stereocenters. The minimum Gasteiger partial charge on any atom is -0.377 e. The maximum Gasteiger partial charge on any atom is 0.156 e. The summed E-state index contributed by atoms with van der Waals surface area (Å²) in [4.78, 5) is 8.86. The van der Waals surface area contributed by atoms with Gasteiger partial charge in [-0.2, -0.15) is 0 Å². The van der Waals surface area contributed by atoms with Gasteiger partial charge in [-0.05, 0) is 28.5 Å². The number of methoxy groups -OCH3 is 1. The van der Waals surface area contributed by atoms with Crippen LogP contribution in [-0.4, -0.2) is 24.1 Å². The zero-order valence-electron chi connectivity index (χ0n) is 9.47. The third-order valence-corrected chi connectivity index (χ3v) is 3.04. The molecule has 1 rings (SSSR count). The molecular weight excluding hydrogens is 305 g/mol.